The van der Waals surface area contributed by atoms with Crippen molar-refractivity contribution in [3.05, 3.63) is 28.2 Å². The zero-order valence-electron chi connectivity index (χ0n) is 10.1. The average molecular weight is 299 g/mol. The first-order valence-electron chi connectivity index (χ1n) is 6.06. The Morgan fingerprint density at radius 2 is 2.29 bits per heavy atom. The van der Waals surface area contributed by atoms with Crippen LogP contribution in [-0.2, 0) is 0 Å². The van der Waals surface area contributed by atoms with Crippen LogP contribution in [0.25, 0.3) is 0 Å². The lowest BCUT2D eigenvalue weighted by Gasteiger charge is -2.34. The molecule has 3 nitrogen and oxygen atoms in total. The Bertz CT molecular complexity index is 395. The molecule has 1 heterocycles. The number of aliphatic hydroxyl groups is 1. The molecule has 1 aliphatic rings. The van der Waals surface area contributed by atoms with Gasteiger partial charge in [0.2, 0.25) is 0 Å². The van der Waals surface area contributed by atoms with E-state index in [9.17, 15) is 5.11 Å². The summed E-state index contributed by atoms with van der Waals surface area (Å²) >= 11 is 3.50. The lowest BCUT2D eigenvalue weighted by atomic mass is 10.0. The predicted octanol–water partition coefficient (Wildman–Crippen LogP) is 2.43. The maximum Gasteiger partial charge on any atom is 0.0715 e. The number of piperidine rings is 1. The van der Waals surface area contributed by atoms with Crippen LogP contribution in [0.5, 0.6) is 0 Å². The van der Waals surface area contributed by atoms with E-state index < -0.39 is 0 Å². The van der Waals surface area contributed by atoms with Gasteiger partial charge in [0.15, 0.2) is 0 Å². The van der Waals surface area contributed by atoms with Crippen molar-refractivity contribution in [2.75, 3.05) is 18.0 Å². The molecule has 1 aromatic carbocycles. The van der Waals surface area contributed by atoms with Gasteiger partial charge in [0.1, 0.15) is 0 Å². The quantitative estimate of drug-likeness (QED) is 0.882. The highest BCUT2D eigenvalue weighted by Gasteiger charge is 2.21. The Balaban J connectivity index is 2.32. The molecular formula is C13H19BrN2O. The fourth-order valence-electron chi connectivity index (χ4n) is 2.35. The lowest BCUT2D eigenvalue weighted by Crippen LogP contribution is -2.39. The van der Waals surface area contributed by atoms with Crippen LogP contribution < -0.4 is 10.6 Å². The SMILES string of the molecule is CC(N)c1ccc(Br)cc1N1CCCC(O)C1. The van der Waals surface area contributed by atoms with E-state index in [0.29, 0.717) is 6.54 Å². The fraction of sp³-hybridized carbons (Fsp3) is 0.538. The first-order chi connectivity index (χ1) is 8.08. The molecule has 0 amide bonds. The summed E-state index contributed by atoms with van der Waals surface area (Å²) in [7, 11) is 0. The molecule has 0 aliphatic carbocycles. The number of β-amino-alcohol motifs (C(OH)–C–C–N with tert-alkyl or cyclic N) is 1. The summed E-state index contributed by atoms with van der Waals surface area (Å²) in [6.45, 7) is 3.69. The van der Waals surface area contributed by atoms with Crippen LogP contribution in [0.15, 0.2) is 22.7 Å². The number of benzene rings is 1. The second-order valence-corrected chi connectivity index (χ2v) is 5.65. The van der Waals surface area contributed by atoms with Gasteiger partial charge in [0.25, 0.3) is 0 Å². The third kappa shape index (κ3) is 3.00. The second-order valence-electron chi connectivity index (χ2n) is 4.73. The van der Waals surface area contributed by atoms with Gasteiger partial charge < -0.3 is 15.7 Å². The normalized spacial score (nSPS) is 22.6. The number of nitrogens with zero attached hydrogens (tertiary/aromatic N) is 1. The van der Waals surface area contributed by atoms with E-state index in [1.807, 2.05) is 13.0 Å². The molecule has 0 bridgehead atoms. The maximum atomic E-state index is 9.76. The maximum absolute atomic E-state index is 9.76. The Morgan fingerprint density at radius 3 is 2.94 bits per heavy atom. The van der Waals surface area contributed by atoms with E-state index in [-0.39, 0.29) is 12.1 Å². The number of nitrogens with two attached hydrogens (primary N) is 1. The van der Waals surface area contributed by atoms with E-state index in [1.54, 1.807) is 0 Å². The number of hydrogen-bond acceptors (Lipinski definition) is 3. The summed E-state index contributed by atoms with van der Waals surface area (Å²) in [4.78, 5) is 2.23. The van der Waals surface area contributed by atoms with E-state index in [0.717, 1.165) is 35.1 Å². The summed E-state index contributed by atoms with van der Waals surface area (Å²) in [5, 5.41) is 9.76. The minimum atomic E-state index is -0.219. The summed E-state index contributed by atoms with van der Waals surface area (Å²) in [5.74, 6) is 0. The van der Waals surface area contributed by atoms with Crippen molar-refractivity contribution < 1.29 is 5.11 Å². The smallest absolute Gasteiger partial charge is 0.0715 e. The molecule has 1 aliphatic heterocycles. The number of hydrogen-bond donors (Lipinski definition) is 2. The summed E-state index contributed by atoms with van der Waals surface area (Å²) < 4.78 is 1.05. The largest absolute Gasteiger partial charge is 0.391 e. The van der Waals surface area contributed by atoms with Gasteiger partial charge in [-0.2, -0.15) is 0 Å². The Morgan fingerprint density at radius 1 is 1.53 bits per heavy atom. The lowest BCUT2D eigenvalue weighted by molar-refractivity contribution is 0.154. The number of aliphatic hydroxyl groups excluding tert-OH is 1. The van der Waals surface area contributed by atoms with Gasteiger partial charge in [-0.3, -0.25) is 0 Å². The van der Waals surface area contributed by atoms with E-state index >= 15 is 0 Å². The van der Waals surface area contributed by atoms with Gasteiger partial charge in [0.05, 0.1) is 6.10 Å². The molecule has 4 heteroatoms. The van der Waals surface area contributed by atoms with Crippen molar-refractivity contribution in [2.45, 2.75) is 31.9 Å². The molecule has 0 spiro atoms. The van der Waals surface area contributed by atoms with Crippen molar-refractivity contribution in [1.82, 2.24) is 0 Å². The molecule has 0 radical (unpaired) electrons. The van der Waals surface area contributed by atoms with E-state index in [4.69, 9.17) is 5.73 Å². The zero-order valence-corrected chi connectivity index (χ0v) is 11.7. The van der Waals surface area contributed by atoms with Crippen LogP contribution in [0.1, 0.15) is 31.4 Å². The van der Waals surface area contributed by atoms with Crippen molar-refractivity contribution in [1.29, 1.82) is 0 Å². The van der Waals surface area contributed by atoms with Crippen molar-refractivity contribution >= 4 is 21.6 Å². The van der Waals surface area contributed by atoms with Gasteiger partial charge in [-0.15, -0.1) is 0 Å². The van der Waals surface area contributed by atoms with Crippen LogP contribution >= 0.6 is 15.9 Å². The van der Waals surface area contributed by atoms with Gasteiger partial charge in [-0.25, -0.2) is 0 Å². The molecule has 2 unspecified atom stereocenters. The molecule has 17 heavy (non-hydrogen) atoms. The molecule has 1 aromatic rings. The molecular weight excluding hydrogens is 280 g/mol. The van der Waals surface area contributed by atoms with Crippen molar-refractivity contribution in [2.24, 2.45) is 5.73 Å². The van der Waals surface area contributed by atoms with Gasteiger partial charge in [-0.05, 0) is 37.5 Å². The van der Waals surface area contributed by atoms with Crippen LogP contribution in [0.2, 0.25) is 0 Å². The molecule has 0 aromatic heterocycles. The highest BCUT2D eigenvalue weighted by atomic mass is 79.9. The molecule has 94 valence electrons. The third-order valence-electron chi connectivity index (χ3n) is 3.22. The number of rotatable bonds is 2. The minimum absolute atomic E-state index is 0.0113. The monoisotopic (exact) mass is 298 g/mol. The molecule has 1 fully saturated rings. The van der Waals surface area contributed by atoms with Crippen LogP contribution in [0.3, 0.4) is 0 Å². The van der Waals surface area contributed by atoms with Crippen molar-refractivity contribution in [3.8, 4) is 0 Å². The van der Waals surface area contributed by atoms with Crippen molar-refractivity contribution in [3.63, 3.8) is 0 Å². The Labute approximate surface area is 111 Å². The molecule has 3 N–H and O–H groups in total. The number of anilines is 1. The fourth-order valence-corrected chi connectivity index (χ4v) is 2.70. The highest BCUT2D eigenvalue weighted by molar-refractivity contribution is 9.10. The minimum Gasteiger partial charge on any atom is -0.391 e. The topological polar surface area (TPSA) is 49.5 Å². The van der Waals surface area contributed by atoms with Crippen LogP contribution in [-0.4, -0.2) is 24.3 Å². The predicted molar refractivity (Wildman–Crippen MR) is 74.2 cm³/mol. The first-order valence-corrected chi connectivity index (χ1v) is 6.85. The molecule has 2 rings (SSSR count). The molecule has 2 atom stereocenters. The molecule has 1 saturated heterocycles. The second kappa shape index (κ2) is 5.38. The van der Waals surface area contributed by atoms with E-state index in [1.165, 1.54) is 0 Å². The Kier molecular flexibility index (Phi) is 4.07. The van der Waals surface area contributed by atoms with Gasteiger partial charge >= 0.3 is 0 Å². The Hall–Kier alpha value is -0.580. The van der Waals surface area contributed by atoms with Gasteiger partial charge in [0, 0.05) is 29.3 Å². The third-order valence-corrected chi connectivity index (χ3v) is 3.71. The van der Waals surface area contributed by atoms with Crippen LogP contribution in [0, 0.1) is 0 Å². The van der Waals surface area contributed by atoms with E-state index in [2.05, 4.69) is 33.0 Å². The van der Waals surface area contributed by atoms with Gasteiger partial charge in [-0.1, -0.05) is 22.0 Å². The highest BCUT2D eigenvalue weighted by Crippen LogP contribution is 2.30. The standard InChI is InChI=1S/C13H19BrN2O/c1-9(15)12-5-4-10(14)7-13(12)16-6-2-3-11(17)8-16/h4-5,7,9,11,17H,2-3,6,8,15H2,1H3. The summed E-state index contributed by atoms with van der Waals surface area (Å²) in [6.07, 6.45) is 1.72. The summed E-state index contributed by atoms with van der Waals surface area (Å²) in [6, 6.07) is 6.18. The first kappa shape index (κ1) is 12.9. The summed E-state index contributed by atoms with van der Waals surface area (Å²) in [5.41, 5.74) is 8.29. The molecule has 0 saturated carbocycles. The number of halogens is 1. The average Bonchev–Trinajstić information content (AvgIpc) is 2.28. The van der Waals surface area contributed by atoms with Crippen LogP contribution in [0.4, 0.5) is 5.69 Å². The zero-order chi connectivity index (χ0) is 12.4.